The summed E-state index contributed by atoms with van der Waals surface area (Å²) >= 11 is 0. The van der Waals surface area contributed by atoms with Gasteiger partial charge in [-0.25, -0.2) is 0 Å². The number of ether oxygens (including phenoxy) is 2. The summed E-state index contributed by atoms with van der Waals surface area (Å²) in [5.74, 6) is 0.126. The molecule has 7 heteroatoms. The Labute approximate surface area is 180 Å². The Morgan fingerprint density at radius 3 is 1.90 bits per heavy atom. The second-order valence-corrected chi connectivity index (χ2v) is 20.5. The Hall–Kier alpha value is -1.06. The number of carbonyl (C=O) groups excluding carboxylic acids is 1. The summed E-state index contributed by atoms with van der Waals surface area (Å²) < 4.78 is 23.8. The highest BCUT2D eigenvalue weighted by molar-refractivity contribution is 6.75. The van der Waals surface area contributed by atoms with E-state index in [4.69, 9.17) is 18.3 Å². The summed E-state index contributed by atoms with van der Waals surface area (Å²) in [5.41, 5.74) is 0. The van der Waals surface area contributed by atoms with Gasteiger partial charge in [0.2, 0.25) is 0 Å². The van der Waals surface area contributed by atoms with Gasteiger partial charge in [0.1, 0.15) is 6.10 Å². The maximum absolute atomic E-state index is 12.4. The molecule has 0 unspecified atom stereocenters. The molecule has 0 aromatic carbocycles. The third-order valence-electron chi connectivity index (χ3n) is 6.35. The van der Waals surface area contributed by atoms with Gasteiger partial charge >= 0.3 is 0 Å². The van der Waals surface area contributed by atoms with Gasteiger partial charge in [-0.3, -0.25) is 4.79 Å². The molecular formula is C22H42O5Si2. The number of hydrogen-bond donors (Lipinski definition) is 0. The van der Waals surface area contributed by atoms with Crippen LogP contribution in [0.2, 0.25) is 36.3 Å². The normalized spacial score (nSPS) is 23.5. The van der Waals surface area contributed by atoms with Crippen molar-refractivity contribution in [1.82, 2.24) is 0 Å². The van der Waals surface area contributed by atoms with E-state index in [0.29, 0.717) is 5.95 Å². The molecule has 3 atom stereocenters. The van der Waals surface area contributed by atoms with Crippen LogP contribution < -0.4 is 0 Å². The average Bonchev–Trinajstić information content (AvgIpc) is 2.46. The van der Waals surface area contributed by atoms with E-state index >= 15 is 0 Å². The van der Waals surface area contributed by atoms with Crippen LogP contribution >= 0.6 is 0 Å². The third-order valence-corrected chi connectivity index (χ3v) is 15.1. The quantitative estimate of drug-likeness (QED) is 0.269. The van der Waals surface area contributed by atoms with Crippen LogP contribution in [0, 0.1) is 0 Å². The number of hydrogen-bond acceptors (Lipinski definition) is 5. The molecule has 0 bridgehead atoms. The number of rotatable bonds is 7. The van der Waals surface area contributed by atoms with Crippen molar-refractivity contribution in [2.75, 3.05) is 0 Å². The van der Waals surface area contributed by atoms with Crippen LogP contribution in [-0.2, 0) is 23.1 Å². The average molecular weight is 443 g/mol. The van der Waals surface area contributed by atoms with Crippen molar-refractivity contribution in [2.45, 2.75) is 109 Å². The minimum Gasteiger partial charge on any atom is -0.519 e. The largest absolute Gasteiger partial charge is 0.519 e. The molecule has 0 fully saturated rings. The topological polar surface area (TPSA) is 54.0 Å². The van der Waals surface area contributed by atoms with Crippen molar-refractivity contribution < 1.29 is 23.1 Å². The first-order valence-corrected chi connectivity index (χ1v) is 16.3. The van der Waals surface area contributed by atoms with Gasteiger partial charge in [0.05, 0.1) is 18.6 Å². The lowest BCUT2D eigenvalue weighted by atomic mass is 10.1. The molecule has 1 heterocycles. The molecule has 168 valence electrons. The molecule has 0 aromatic rings. The van der Waals surface area contributed by atoms with Gasteiger partial charge in [-0.1, -0.05) is 47.6 Å². The van der Waals surface area contributed by atoms with Gasteiger partial charge in [-0.15, -0.1) is 0 Å². The van der Waals surface area contributed by atoms with Crippen LogP contribution in [0.1, 0.15) is 54.9 Å². The molecule has 1 aliphatic rings. The Kier molecular flexibility index (Phi) is 8.04. The fourth-order valence-corrected chi connectivity index (χ4v) is 4.18. The van der Waals surface area contributed by atoms with Crippen molar-refractivity contribution in [2.24, 2.45) is 0 Å². The minimum absolute atomic E-state index is 0.0113. The highest BCUT2D eigenvalue weighted by Gasteiger charge is 2.41. The van der Waals surface area contributed by atoms with Crippen molar-refractivity contribution in [3.8, 4) is 0 Å². The summed E-state index contributed by atoms with van der Waals surface area (Å²) in [4.78, 5) is 12.4. The van der Waals surface area contributed by atoms with Crippen LogP contribution in [0.4, 0.5) is 0 Å². The monoisotopic (exact) mass is 442 g/mol. The Balaban J connectivity index is 2.64. The predicted molar refractivity (Wildman–Crippen MR) is 124 cm³/mol. The highest BCUT2D eigenvalue weighted by atomic mass is 28.4. The SMILES string of the molecule is C=C(O[C@@H]1C=C[C@@H](CC(=O)O[Si](C)(C)C(C)(C)C)O[C@H]1C)O[Si](C)(C)C(C)(C)C. The van der Waals surface area contributed by atoms with E-state index in [9.17, 15) is 4.79 Å². The Morgan fingerprint density at radius 2 is 1.45 bits per heavy atom. The van der Waals surface area contributed by atoms with E-state index in [1.54, 1.807) is 0 Å². The van der Waals surface area contributed by atoms with Crippen LogP contribution in [0.15, 0.2) is 24.7 Å². The first kappa shape index (κ1) is 26.0. The first-order chi connectivity index (χ1) is 12.9. The molecule has 1 rings (SSSR count). The van der Waals surface area contributed by atoms with Gasteiger partial charge in [-0.2, -0.15) is 0 Å². The summed E-state index contributed by atoms with van der Waals surface area (Å²) in [6, 6.07) is 0. The lowest BCUT2D eigenvalue weighted by molar-refractivity contribution is -0.140. The Morgan fingerprint density at radius 1 is 0.966 bits per heavy atom. The zero-order valence-corrected chi connectivity index (χ0v) is 22.3. The molecule has 29 heavy (non-hydrogen) atoms. The molecule has 0 saturated carbocycles. The molecular weight excluding hydrogens is 400 g/mol. The predicted octanol–water partition coefficient (Wildman–Crippen LogP) is 6.15. The van der Waals surface area contributed by atoms with E-state index in [-0.39, 0.29) is 40.8 Å². The first-order valence-electron chi connectivity index (χ1n) is 10.5. The second kappa shape index (κ2) is 8.98. The van der Waals surface area contributed by atoms with Crippen molar-refractivity contribution in [3.05, 3.63) is 24.7 Å². The fraction of sp³-hybridized carbons (Fsp3) is 0.773. The van der Waals surface area contributed by atoms with Gasteiger partial charge in [0, 0.05) is 0 Å². The molecule has 0 spiro atoms. The van der Waals surface area contributed by atoms with Crippen LogP contribution in [0.5, 0.6) is 0 Å². The lowest BCUT2D eigenvalue weighted by Gasteiger charge is -2.38. The molecule has 0 aromatic heterocycles. The summed E-state index contributed by atoms with van der Waals surface area (Å²) in [6.45, 7) is 27.2. The van der Waals surface area contributed by atoms with Gasteiger partial charge in [-0.05, 0) is 55.8 Å². The maximum Gasteiger partial charge on any atom is 0.295 e. The van der Waals surface area contributed by atoms with Crippen molar-refractivity contribution in [3.63, 3.8) is 0 Å². The van der Waals surface area contributed by atoms with E-state index < -0.39 is 16.6 Å². The third kappa shape index (κ3) is 7.29. The van der Waals surface area contributed by atoms with Crippen molar-refractivity contribution in [1.29, 1.82) is 0 Å². The second-order valence-electron chi connectivity index (χ2n) is 11.0. The van der Waals surface area contributed by atoms with Gasteiger partial charge < -0.3 is 18.3 Å². The van der Waals surface area contributed by atoms with Gasteiger partial charge in [0.15, 0.2) is 0 Å². The number of carbonyl (C=O) groups is 1. The van der Waals surface area contributed by atoms with Crippen molar-refractivity contribution >= 4 is 22.6 Å². The Bertz CT molecular complexity index is 626. The maximum atomic E-state index is 12.4. The summed E-state index contributed by atoms with van der Waals surface area (Å²) in [6.07, 6.45) is 3.19. The smallest absolute Gasteiger partial charge is 0.295 e. The fourth-order valence-electron chi connectivity index (χ4n) is 2.30. The molecule has 0 radical (unpaired) electrons. The summed E-state index contributed by atoms with van der Waals surface area (Å²) in [7, 11) is -4.12. The zero-order chi connectivity index (χ0) is 22.8. The van der Waals surface area contributed by atoms with E-state index in [0.717, 1.165) is 0 Å². The standard InChI is InChI=1S/C22H42O5Si2/c1-16-19(25-17(2)26-28(9,10)21(3,4)5)14-13-18(24-16)15-20(23)27-29(11,12)22(6,7)8/h13-14,16,18-19H,2,15H2,1,3-12H3/t16-,18-,19+/m0/s1. The summed E-state index contributed by atoms with van der Waals surface area (Å²) in [5, 5.41) is 0.0576. The molecule has 1 aliphatic heterocycles. The van der Waals surface area contributed by atoms with Crippen LogP contribution in [0.25, 0.3) is 0 Å². The van der Waals surface area contributed by atoms with Crippen LogP contribution in [-0.4, -0.2) is 40.9 Å². The van der Waals surface area contributed by atoms with E-state index in [1.165, 1.54) is 0 Å². The lowest BCUT2D eigenvalue weighted by Crippen LogP contribution is -2.44. The molecule has 0 aliphatic carbocycles. The molecule has 0 saturated heterocycles. The zero-order valence-electron chi connectivity index (χ0n) is 20.3. The molecule has 5 nitrogen and oxygen atoms in total. The minimum atomic E-state index is -2.12. The van der Waals surface area contributed by atoms with E-state index in [2.05, 4.69) is 74.3 Å². The highest BCUT2D eigenvalue weighted by Crippen LogP contribution is 2.38. The molecule has 0 amide bonds. The van der Waals surface area contributed by atoms with Gasteiger partial charge in [0.25, 0.3) is 28.5 Å². The van der Waals surface area contributed by atoms with E-state index in [1.807, 2.05) is 19.1 Å². The molecule has 0 N–H and O–H groups in total. The van der Waals surface area contributed by atoms with Crippen LogP contribution in [0.3, 0.4) is 0 Å².